The normalized spacial score (nSPS) is 10.0. The van der Waals surface area contributed by atoms with E-state index in [1.807, 2.05) is 0 Å². The summed E-state index contributed by atoms with van der Waals surface area (Å²) in [7, 11) is 2.63. The molecule has 0 aliphatic carbocycles. The maximum absolute atomic E-state index is 13.1. The van der Waals surface area contributed by atoms with Crippen molar-refractivity contribution in [3.8, 4) is 5.75 Å². The van der Waals surface area contributed by atoms with Gasteiger partial charge in [-0.15, -0.1) is 0 Å². The number of nitrogens with one attached hydrogen (secondary N) is 1. The van der Waals surface area contributed by atoms with Gasteiger partial charge >= 0.3 is 12.0 Å². The second-order valence-corrected chi connectivity index (χ2v) is 3.96. The number of anilines is 1. The van der Waals surface area contributed by atoms with Crippen LogP contribution < -0.4 is 10.1 Å². The molecule has 1 aromatic carbocycles. The predicted octanol–water partition coefficient (Wildman–Crippen LogP) is 1.91. The summed E-state index contributed by atoms with van der Waals surface area (Å²) >= 11 is 0. The summed E-state index contributed by atoms with van der Waals surface area (Å²) in [6.45, 7) is -0.0207. The van der Waals surface area contributed by atoms with E-state index in [1.165, 1.54) is 14.2 Å². The van der Waals surface area contributed by atoms with Crippen molar-refractivity contribution >= 4 is 17.7 Å². The number of amides is 2. The first-order valence-corrected chi connectivity index (χ1v) is 5.62. The molecule has 0 saturated heterocycles. The molecule has 0 heterocycles. The molecule has 2 N–H and O–H groups in total. The zero-order valence-corrected chi connectivity index (χ0v) is 10.9. The number of rotatable bonds is 5. The maximum atomic E-state index is 13.1. The van der Waals surface area contributed by atoms with Crippen LogP contribution in [0, 0.1) is 11.6 Å². The van der Waals surface area contributed by atoms with E-state index in [2.05, 4.69) is 5.32 Å². The third kappa shape index (κ3) is 4.08. The summed E-state index contributed by atoms with van der Waals surface area (Å²) in [4.78, 5) is 23.2. The number of hydrogen-bond acceptors (Lipinski definition) is 3. The lowest BCUT2D eigenvalue weighted by atomic mass is 10.2. The van der Waals surface area contributed by atoms with Gasteiger partial charge in [-0.2, -0.15) is 0 Å². The third-order valence-electron chi connectivity index (χ3n) is 2.49. The molecule has 6 nitrogen and oxygen atoms in total. The van der Waals surface area contributed by atoms with E-state index in [0.717, 1.165) is 17.0 Å². The summed E-state index contributed by atoms with van der Waals surface area (Å²) < 4.78 is 31.0. The molecule has 0 atom stereocenters. The summed E-state index contributed by atoms with van der Waals surface area (Å²) in [5.74, 6) is -3.31. The SMILES string of the molecule is COc1cc(F)c(F)cc1NC(=O)N(C)CCC(=O)O. The van der Waals surface area contributed by atoms with E-state index in [9.17, 15) is 18.4 Å². The summed E-state index contributed by atoms with van der Waals surface area (Å²) in [5.41, 5.74) is -0.0430. The van der Waals surface area contributed by atoms with Gasteiger partial charge in [-0.25, -0.2) is 13.6 Å². The molecule has 0 aromatic heterocycles. The average molecular weight is 288 g/mol. The third-order valence-corrected chi connectivity index (χ3v) is 2.49. The van der Waals surface area contributed by atoms with Crippen molar-refractivity contribution < 1.29 is 28.2 Å². The van der Waals surface area contributed by atoms with Crippen LogP contribution in [-0.2, 0) is 4.79 Å². The predicted molar refractivity (Wildman–Crippen MR) is 66.8 cm³/mol. The maximum Gasteiger partial charge on any atom is 0.321 e. The minimum Gasteiger partial charge on any atom is -0.494 e. The van der Waals surface area contributed by atoms with Crippen molar-refractivity contribution in [2.24, 2.45) is 0 Å². The Morgan fingerprint density at radius 1 is 1.35 bits per heavy atom. The monoisotopic (exact) mass is 288 g/mol. The Kier molecular flexibility index (Phi) is 5.24. The van der Waals surface area contributed by atoms with Gasteiger partial charge in [-0.05, 0) is 0 Å². The molecule has 1 aromatic rings. The van der Waals surface area contributed by atoms with E-state index in [-0.39, 0.29) is 24.4 Å². The Hall–Kier alpha value is -2.38. The van der Waals surface area contributed by atoms with Gasteiger partial charge < -0.3 is 20.1 Å². The van der Waals surface area contributed by atoms with Gasteiger partial charge in [0, 0.05) is 25.7 Å². The second kappa shape index (κ2) is 6.69. The van der Waals surface area contributed by atoms with Crippen molar-refractivity contribution in [2.45, 2.75) is 6.42 Å². The minimum absolute atomic E-state index is 0.0207. The molecule has 0 aliphatic rings. The lowest BCUT2D eigenvalue weighted by molar-refractivity contribution is -0.137. The Bertz CT molecular complexity index is 522. The smallest absolute Gasteiger partial charge is 0.321 e. The number of nitrogens with zero attached hydrogens (tertiary/aromatic N) is 1. The van der Waals surface area contributed by atoms with Crippen LogP contribution in [0.4, 0.5) is 19.3 Å². The largest absolute Gasteiger partial charge is 0.494 e. The molecule has 0 saturated carbocycles. The van der Waals surface area contributed by atoms with Crippen molar-refractivity contribution in [2.75, 3.05) is 26.0 Å². The van der Waals surface area contributed by atoms with Gasteiger partial charge in [0.2, 0.25) is 0 Å². The van der Waals surface area contributed by atoms with E-state index in [0.29, 0.717) is 0 Å². The molecule has 0 bridgehead atoms. The van der Waals surface area contributed by atoms with Crippen LogP contribution in [0.1, 0.15) is 6.42 Å². The number of benzene rings is 1. The Morgan fingerprint density at radius 3 is 2.50 bits per heavy atom. The molecule has 0 fully saturated rings. The number of carboxylic acids is 1. The Balaban J connectivity index is 2.79. The van der Waals surface area contributed by atoms with Crippen LogP contribution >= 0.6 is 0 Å². The van der Waals surface area contributed by atoms with Crippen molar-refractivity contribution in [1.82, 2.24) is 4.90 Å². The fourth-order valence-corrected chi connectivity index (χ4v) is 1.37. The average Bonchev–Trinajstić information content (AvgIpc) is 2.39. The highest BCUT2D eigenvalue weighted by Gasteiger charge is 2.15. The zero-order chi connectivity index (χ0) is 15.3. The van der Waals surface area contributed by atoms with E-state index in [4.69, 9.17) is 9.84 Å². The number of carboxylic acid groups (broad SMARTS) is 1. The van der Waals surface area contributed by atoms with Crippen molar-refractivity contribution in [1.29, 1.82) is 0 Å². The van der Waals surface area contributed by atoms with Gasteiger partial charge in [-0.1, -0.05) is 0 Å². The molecule has 0 unspecified atom stereocenters. The molecule has 0 radical (unpaired) electrons. The molecule has 8 heteroatoms. The van der Waals surface area contributed by atoms with Crippen LogP contribution in [0.5, 0.6) is 5.75 Å². The fourth-order valence-electron chi connectivity index (χ4n) is 1.37. The number of hydrogen-bond donors (Lipinski definition) is 2. The van der Waals surface area contributed by atoms with Crippen LogP contribution in [-0.4, -0.2) is 42.7 Å². The first-order valence-electron chi connectivity index (χ1n) is 5.62. The lowest BCUT2D eigenvalue weighted by Gasteiger charge is -2.18. The van der Waals surface area contributed by atoms with Gasteiger partial charge in [-0.3, -0.25) is 4.79 Å². The van der Waals surface area contributed by atoms with Gasteiger partial charge in [0.05, 0.1) is 19.2 Å². The Morgan fingerprint density at radius 2 is 1.95 bits per heavy atom. The molecule has 1 rings (SSSR count). The number of halogens is 2. The number of ether oxygens (including phenoxy) is 1. The van der Waals surface area contributed by atoms with Crippen LogP contribution in [0.15, 0.2) is 12.1 Å². The first kappa shape index (κ1) is 15.7. The minimum atomic E-state index is -1.13. The molecule has 2 amide bonds. The quantitative estimate of drug-likeness (QED) is 0.867. The number of carbonyl (C=O) groups is 2. The zero-order valence-electron chi connectivity index (χ0n) is 10.9. The topological polar surface area (TPSA) is 78.9 Å². The summed E-state index contributed by atoms with van der Waals surface area (Å²) in [5, 5.41) is 10.8. The van der Waals surface area contributed by atoms with E-state index >= 15 is 0 Å². The Labute approximate surface area is 113 Å². The fraction of sp³-hybridized carbons (Fsp3) is 0.333. The van der Waals surface area contributed by atoms with Crippen LogP contribution in [0.2, 0.25) is 0 Å². The molecule has 110 valence electrons. The first-order chi connectivity index (χ1) is 9.35. The highest BCUT2D eigenvalue weighted by atomic mass is 19.2. The molecular formula is C12H14F2N2O4. The van der Waals surface area contributed by atoms with Crippen molar-refractivity contribution in [3.05, 3.63) is 23.8 Å². The second-order valence-electron chi connectivity index (χ2n) is 3.96. The molecule has 0 spiro atoms. The lowest BCUT2D eigenvalue weighted by Crippen LogP contribution is -2.33. The summed E-state index contributed by atoms with van der Waals surface area (Å²) in [6.07, 6.45) is -0.223. The van der Waals surface area contributed by atoms with Crippen LogP contribution in [0.3, 0.4) is 0 Å². The van der Waals surface area contributed by atoms with Gasteiger partial charge in [0.25, 0.3) is 0 Å². The number of methoxy groups -OCH3 is 1. The molecular weight excluding hydrogens is 274 g/mol. The highest BCUT2D eigenvalue weighted by molar-refractivity contribution is 5.91. The number of urea groups is 1. The van der Waals surface area contributed by atoms with Gasteiger partial charge in [0.15, 0.2) is 11.6 Å². The van der Waals surface area contributed by atoms with Crippen molar-refractivity contribution in [3.63, 3.8) is 0 Å². The van der Waals surface area contributed by atoms with Crippen LogP contribution in [0.25, 0.3) is 0 Å². The standard InChI is InChI=1S/C12H14F2N2O4/c1-16(4-3-11(17)18)12(19)15-9-5-7(13)8(14)6-10(9)20-2/h5-6H,3-4H2,1-2H3,(H,15,19)(H,17,18). The number of aliphatic carboxylic acids is 1. The van der Waals surface area contributed by atoms with E-state index in [1.54, 1.807) is 0 Å². The summed E-state index contributed by atoms with van der Waals surface area (Å²) in [6, 6.07) is 0.940. The van der Waals surface area contributed by atoms with E-state index < -0.39 is 23.6 Å². The highest BCUT2D eigenvalue weighted by Crippen LogP contribution is 2.27. The van der Waals surface area contributed by atoms with Gasteiger partial charge in [0.1, 0.15) is 5.75 Å². The molecule has 0 aliphatic heterocycles. The molecule has 20 heavy (non-hydrogen) atoms. The number of carbonyl (C=O) groups excluding carboxylic acids is 1.